The molecule has 9 heteroatoms. The molecule has 0 unspecified atom stereocenters. The molecule has 1 saturated heterocycles. The second-order valence-corrected chi connectivity index (χ2v) is 6.10. The van der Waals surface area contributed by atoms with Gasteiger partial charge in [0.1, 0.15) is 11.4 Å². The van der Waals surface area contributed by atoms with Gasteiger partial charge in [0.2, 0.25) is 13.3 Å². The Morgan fingerprint density at radius 1 is 1.23 bits per heavy atom. The number of aromatic carboxylic acids is 1. The van der Waals surface area contributed by atoms with Gasteiger partial charge < -0.3 is 19.5 Å². The van der Waals surface area contributed by atoms with Gasteiger partial charge in [-0.1, -0.05) is 0 Å². The Labute approximate surface area is 150 Å². The minimum absolute atomic E-state index is 0.0313. The molecule has 0 spiro atoms. The molecule has 134 valence electrons. The number of rotatable bonds is 3. The quantitative estimate of drug-likeness (QED) is 0.837. The summed E-state index contributed by atoms with van der Waals surface area (Å²) in [6, 6.07) is 2.65. The Hall–Kier alpha value is -2.84. The normalized spacial score (nSPS) is 14.7. The molecular formula is C17H17BFN3O4. The lowest BCUT2D eigenvalue weighted by molar-refractivity contribution is 0.0695. The predicted molar refractivity (Wildman–Crippen MR) is 95.7 cm³/mol. The van der Waals surface area contributed by atoms with E-state index in [1.807, 2.05) is 6.92 Å². The highest BCUT2D eigenvalue weighted by Gasteiger charge is 2.23. The van der Waals surface area contributed by atoms with Crippen molar-refractivity contribution in [1.82, 2.24) is 9.47 Å². The van der Waals surface area contributed by atoms with Crippen molar-refractivity contribution >= 4 is 36.2 Å². The van der Waals surface area contributed by atoms with Crippen molar-refractivity contribution in [1.29, 1.82) is 0 Å². The van der Waals surface area contributed by atoms with Gasteiger partial charge in [0, 0.05) is 44.3 Å². The van der Waals surface area contributed by atoms with Crippen LogP contribution >= 0.6 is 0 Å². The lowest BCUT2D eigenvalue weighted by atomic mass is 10.1. The number of amides is 1. The van der Waals surface area contributed by atoms with Crippen LogP contribution in [0.2, 0.25) is 0 Å². The molecule has 1 fully saturated rings. The van der Waals surface area contributed by atoms with Gasteiger partial charge in [0.05, 0.1) is 11.2 Å². The fraction of sp³-hybridized carbons (Fsp3) is 0.353. The Morgan fingerprint density at radius 3 is 2.42 bits per heavy atom. The minimum Gasteiger partial charge on any atom is -0.477 e. The molecule has 1 N–H and O–H groups in total. The summed E-state index contributed by atoms with van der Waals surface area (Å²) in [6.45, 7) is 3.82. The minimum atomic E-state index is -1.34. The Bertz CT molecular complexity index is 951. The van der Waals surface area contributed by atoms with Crippen molar-refractivity contribution < 1.29 is 19.1 Å². The van der Waals surface area contributed by atoms with Gasteiger partial charge in [-0.3, -0.25) is 9.59 Å². The van der Waals surface area contributed by atoms with Crippen LogP contribution in [0, 0.1) is 5.82 Å². The van der Waals surface area contributed by atoms with Crippen LogP contribution in [0.15, 0.2) is 23.1 Å². The Kier molecular flexibility index (Phi) is 4.71. The molecule has 1 amide bonds. The number of carbonyl (C=O) groups is 2. The van der Waals surface area contributed by atoms with E-state index in [2.05, 4.69) is 0 Å². The highest BCUT2D eigenvalue weighted by molar-refractivity contribution is 6.56. The first-order chi connectivity index (χ1) is 12.3. The second-order valence-electron chi connectivity index (χ2n) is 6.10. The highest BCUT2D eigenvalue weighted by atomic mass is 19.1. The number of hydrogen-bond donors (Lipinski definition) is 1. The maximum atomic E-state index is 14.7. The first kappa shape index (κ1) is 18.0. The third-order valence-electron chi connectivity index (χ3n) is 4.65. The van der Waals surface area contributed by atoms with Crippen molar-refractivity contribution in [3.8, 4) is 0 Å². The summed E-state index contributed by atoms with van der Waals surface area (Å²) in [4.78, 5) is 38.1. The SMILES string of the molecule is [B]C(=O)N1CCN(c2cc3c(cc2F)c(=O)c(C(=O)O)cn3CC)CC1. The highest BCUT2D eigenvalue weighted by Crippen LogP contribution is 2.26. The third-order valence-corrected chi connectivity index (χ3v) is 4.65. The summed E-state index contributed by atoms with van der Waals surface area (Å²) in [5.74, 6) is -2.46. The fourth-order valence-electron chi connectivity index (χ4n) is 3.22. The summed E-state index contributed by atoms with van der Waals surface area (Å²) in [5.41, 5.74) is -0.315. The van der Waals surface area contributed by atoms with Gasteiger partial charge in [0.25, 0.3) is 0 Å². The van der Waals surface area contributed by atoms with Crippen LogP contribution in [0.3, 0.4) is 0 Å². The van der Waals surface area contributed by atoms with Gasteiger partial charge in [-0.05, 0) is 19.1 Å². The van der Waals surface area contributed by atoms with Gasteiger partial charge in [-0.25, -0.2) is 9.18 Å². The first-order valence-corrected chi connectivity index (χ1v) is 8.22. The molecular weight excluding hydrogens is 340 g/mol. The molecule has 1 aliphatic rings. The molecule has 26 heavy (non-hydrogen) atoms. The van der Waals surface area contributed by atoms with E-state index < -0.39 is 23.0 Å². The van der Waals surface area contributed by atoms with Crippen molar-refractivity contribution in [3.05, 3.63) is 39.9 Å². The number of anilines is 1. The van der Waals surface area contributed by atoms with Crippen LogP contribution in [0.1, 0.15) is 17.3 Å². The van der Waals surface area contributed by atoms with Crippen LogP contribution in [0.4, 0.5) is 14.9 Å². The smallest absolute Gasteiger partial charge is 0.341 e. The number of hydrogen-bond acceptors (Lipinski definition) is 4. The number of carboxylic acids is 1. The predicted octanol–water partition coefficient (Wildman–Crippen LogP) is 1.27. The van der Waals surface area contributed by atoms with Gasteiger partial charge in [-0.2, -0.15) is 0 Å². The molecule has 2 radical (unpaired) electrons. The number of carbonyl (C=O) groups excluding carboxylic acids is 1. The summed E-state index contributed by atoms with van der Waals surface area (Å²) in [6.07, 6.45) is 1.28. The van der Waals surface area contributed by atoms with Crippen LogP contribution in [-0.2, 0) is 6.54 Å². The van der Waals surface area contributed by atoms with Crippen LogP contribution < -0.4 is 10.3 Å². The number of halogens is 1. The van der Waals surface area contributed by atoms with Crippen molar-refractivity contribution in [2.24, 2.45) is 0 Å². The van der Waals surface area contributed by atoms with Gasteiger partial charge >= 0.3 is 5.97 Å². The monoisotopic (exact) mass is 357 g/mol. The van der Waals surface area contributed by atoms with Gasteiger partial charge in [0.15, 0.2) is 5.81 Å². The second kappa shape index (κ2) is 6.82. The topological polar surface area (TPSA) is 82.8 Å². The molecule has 1 aromatic carbocycles. The van der Waals surface area contributed by atoms with Crippen molar-refractivity contribution in [2.45, 2.75) is 13.5 Å². The zero-order valence-electron chi connectivity index (χ0n) is 14.2. The van der Waals surface area contributed by atoms with E-state index in [4.69, 9.17) is 7.85 Å². The molecule has 7 nitrogen and oxygen atoms in total. The van der Waals surface area contributed by atoms with E-state index in [1.165, 1.54) is 11.1 Å². The lowest BCUT2D eigenvalue weighted by Gasteiger charge is -2.36. The number of aryl methyl sites for hydroxylation is 1. The molecule has 3 rings (SSSR count). The third kappa shape index (κ3) is 3.04. The van der Waals surface area contributed by atoms with E-state index in [9.17, 15) is 23.9 Å². The maximum Gasteiger partial charge on any atom is 0.341 e. The molecule has 2 heterocycles. The first-order valence-electron chi connectivity index (χ1n) is 8.22. The van der Waals surface area contributed by atoms with Gasteiger partial charge in [-0.15, -0.1) is 0 Å². The Balaban J connectivity index is 2.08. The lowest BCUT2D eigenvalue weighted by Crippen LogP contribution is -2.48. The number of nitrogens with zero attached hydrogens (tertiary/aromatic N) is 3. The average Bonchev–Trinajstić information content (AvgIpc) is 2.62. The van der Waals surface area contributed by atoms with E-state index >= 15 is 0 Å². The van der Waals surface area contributed by atoms with Crippen LogP contribution in [0.5, 0.6) is 0 Å². The number of carboxylic acid groups (broad SMARTS) is 1. The fourth-order valence-corrected chi connectivity index (χ4v) is 3.22. The average molecular weight is 357 g/mol. The summed E-state index contributed by atoms with van der Waals surface area (Å²) >= 11 is 0. The van der Waals surface area contributed by atoms with E-state index in [-0.39, 0.29) is 10.9 Å². The number of pyridine rings is 1. The molecule has 2 aromatic rings. The number of aromatic nitrogens is 1. The zero-order valence-corrected chi connectivity index (χ0v) is 14.2. The van der Waals surface area contributed by atoms with Crippen molar-refractivity contribution in [3.63, 3.8) is 0 Å². The van der Waals surface area contributed by atoms with Crippen LogP contribution in [0.25, 0.3) is 10.9 Å². The molecule has 1 aromatic heterocycles. The van der Waals surface area contributed by atoms with E-state index in [0.717, 1.165) is 6.07 Å². The van der Waals surface area contributed by atoms with E-state index in [1.54, 1.807) is 15.5 Å². The molecule has 0 saturated carbocycles. The molecule has 0 bridgehead atoms. The maximum absolute atomic E-state index is 14.7. The number of piperazine rings is 1. The molecule has 0 atom stereocenters. The summed E-state index contributed by atoms with van der Waals surface area (Å²) in [5, 5.41) is 9.22. The summed E-state index contributed by atoms with van der Waals surface area (Å²) in [7, 11) is 5.26. The number of fused-ring (bicyclic) bond motifs is 1. The van der Waals surface area contributed by atoms with Crippen molar-refractivity contribution in [2.75, 3.05) is 31.1 Å². The summed E-state index contributed by atoms with van der Waals surface area (Å²) < 4.78 is 16.3. The zero-order chi connectivity index (χ0) is 19.0. The Morgan fingerprint density at radius 2 is 1.88 bits per heavy atom. The molecule has 0 aliphatic carbocycles. The standard InChI is InChI=1S/C17H17BFN3O4/c1-2-20-9-11(16(24)25)15(23)10-7-12(19)14(8-13(10)20)21-3-5-22(6-4-21)17(18)26/h7-9H,2-6H2,1H3,(H,24,25). The number of benzene rings is 1. The largest absolute Gasteiger partial charge is 0.477 e. The van der Waals surface area contributed by atoms with E-state index in [0.29, 0.717) is 43.9 Å². The van der Waals surface area contributed by atoms with Crippen LogP contribution in [-0.4, -0.2) is 60.4 Å². The molecule has 1 aliphatic heterocycles.